The summed E-state index contributed by atoms with van der Waals surface area (Å²) in [5, 5.41) is 74.5. The first kappa shape index (κ1) is 94.5. The quantitative estimate of drug-likeness (QED) is 0.0169. The summed E-state index contributed by atoms with van der Waals surface area (Å²) in [4.78, 5) is 132. The van der Waals surface area contributed by atoms with Gasteiger partial charge in [0.15, 0.2) is 17.3 Å². The molecule has 15 atom stereocenters. The summed E-state index contributed by atoms with van der Waals surface area (Å²) >= 11 is 6.76. The summed E-state index contributed by atoms with van der Waals surface area (Å²) in [6.07, 6.45) is 37.6. The third-order valence-electron chi connectivity index (χ3n) is 22.6. The van der Waals surface area contributed by atoms with E-state index in [0.717, 1.165) is 36.6 Å². The maximum atomic E-state index is 14.2. The lowest BCUT2D eigenvalue weighted by atomic mass is 9.85. The number of benzene rings is 3. The number of Topliss-reactive ketones (excluding diaryl/α,β-unsaturated/α-hetero) is 1. The molecule has 3 fully saturated rings. The van der Waals surface area contributed by atoms with Crippen LogP contribution >= 0.6 is 11.6 Å². The third kappa shape index (κ3) is 26.2. The molecule has 0 aromatic heterocycles. The number of phenols is 5. The zero-order valence-electron chi connectivity index (χ0n) is 71.1. The normalized spacial score (nSPS) is 29.5. The van der Waals surface area contributed by atoms with Crippen LogP contribution in [0.25, 0.3) is 12.2 Å². The van der Waals surface area contributed by atoms with Crippen LogP contribution in [0.4, 0.5) is 4.79 Å². The fourth-order valence-corrected chi connectivity index (χ4v) is 16.3. The molecule has 3 amide bonds. The molecule has 3 aliphatic carbocycles. The van der Waals surface area contributed by atoms with Crippen molar-refractivity contribution in [3.05, 3.63) is 223 Å². The van der Waals surface area contributed by atoms with Crippen LogP contribution in [0.5, 0.6) is 34.5 Å². The van der Waals surface area contributed by atoms with Crippen LogP contribution in [0.3, 0.4) is 0 Å². The van der Waals surface area contributed by atoms with E-state index in [1.165, 1.54) is 51.5 Å². The molecule has 11 N–H and O–H groups in total. The zero-order chi connectivity index (χ0) is 89.8. The topological polar surface area (TPSA) is 422 Å². The van der Waals surface area contributed by atoms with Gasteiger partial charge in [0.2, 0.25) is 11.6 Å². The number of fused-ring (bicyclic) bond motifs is 8. The minimum absolute atomic E-state index is 0.00131. The molecule has 5 heterocycles. The van der Waals surface area contributed by atoms with E-state index in [1.807, 2.05) is 64.2 Å². The van der Waals surface area contributed by atoms with Gasteiger partial charge >= 0.3 is 18.0 Å². The maximum absolute atomic E-state index is 14.2. The maximum Gasteiger partial charge on any atom is 0.404 e. The molecule has 0 spiro atoms. The molecule has 11 rings (SSSR count). The highest BCUT2D eigenvalue weighted by molar-refractivity contribution is 6.34. The van der Waals surface area contributed by atoms with Crippen LogP contribution in [-0.2, 0) is 76.5 Å². The van der Waals surface area contributed by atoms with E-state index in [0.29, 0.717) is 68.6 Å². The second kappa shape index (κ2) is 44.0. The average Bonchev–Trinajstić information content (AvgIpc) is 0.810. The van der Waals surface area contributed by atoms with E-state index < -0.39 is 101 Å². The van der Waals surface area contributed by atoms with Gasteiger partial charge in [0.1, 0.15) is 70.5 Å². The second-order valence-corrected chi connectivity index (χ2v) is 33.2. The highest BCUT2D eigenvalue weighted by atomic mass is 35.5. The first-order valence-corrected chi connectivity index (χ1v) is 42.2. The number of aromatic hydroxyl groups is 5. The number of aliphatic hydroxyl groups excluding tert-OH is 1. The Bertz CT molecular complexity index is 4900. The number of hydrogen-bond acceptors (Lipinski definition) is 24. The van der Waals surface area contributed by atoms with Gasteiger partial charge in [0, 0.05) is 105 Å². The van der Waals surface area contributed by atoms with Gasteiger partial charge in [0.25, 0.3) is 11.8 Å². The number of ether oxygens (including phenoxy) is 7. The van der Waals surface area contributed by atoms with E-state index in [9.17, 15) is 78.6 Å². The van der Waals surface area contributed by atoms with E-state index in [-0.39, 0.29) is 176 Å². The fourth-order valence-electron chi connectivity index (χ4n) is 16.0. The molecule has 124 heavy (non-hydrogen) atoms. The number of aliphatic hydroxyl groups is 1. The number of carbonyl (C=O) groups excluding carboxylic acids is 10. The lowest BCUT2D eigenvalue weighted by molar-refractivity contribution is -0.120. The summed E-state index contributed by atoms with van der Waals surface area (Å²) in [5.74, 6) is -6.05. The SMILES string of the molecule is CO[C@H]1/C=C\C=C(/C)C(=O)NC2=CC(=O)C(NCC/C=C/COc3cc(O)c4c(c3Cl)CC(=O)/C=C/C=C\[C@H]3O[C@@H]3C[C@@H](C)NC4=O)=C(C[C@H](C)C[C@H](OC)[C@@H](O)[C@H](C)/C=C(\C)C[C@@H]1OC(N)=O)C2=O.C[C@@H]1C[C@H]2C[C@@H]2/C=C\C=C\C(=O)Cc2c(/C=C/CC/C=C/c3c(O)cc(O)c4c3CC(=O)/C=C/C=C\[C@H]3C[C@@H]3C[C@@H](C)OC4=O)c(O)cc(O)c2C(=O)O1. The van der Waals surface area contributed by atoms with Crippen molar-refractivity contribution in [2.45, 2.75) is 193 Å². The standard InChI is InChI=1S/C52H65ClN4O13.C44H46O10/c1-28-20-31(4)48(61)44(67-7)23-29(2)21-35-47(38(60)26-36(49(35)62)57-50(63)30(3)14-13-17-39(66-6)41(22-28)70-52(54)65)55-18-11-8-12-19-68-43-27-37(59)45-34(46(43)53)25-33(58)15-9-10-16-40-42(69-40)24-32(5)56-51(45)64;1-25-17-29-19-27(29)11-7-9-13-31(45)21-35-33(37(47)23-39(49)41(35)43(51)53-25)15-5-3-4-6-16-34-36-22-32(46)14-10-8-12-28-20-30(28)18-26(2)54-44(52)42(36)40(50)24-38(34)48/h8-10,12-17,20,26-27,29,31-32,39-42,44,48,55,59,61H,11,18-19,21-25H2,1-7H3,(H2,54,65)(H,56,64)(H,57,63);5-16,23-30,47-50H,3-4,17-22H2,1-2H3/b12-8+,15-9+,16-10-,17-13-,28-20+,30-14+;11-7-,12-8-,13-9+,14-10+,15-5+,16-6+/t29-,31+,32+,39-,40+,41-,42+,44-,48-;25-,26-,27+,28+,29+,30+/m01/s1. The van der Waals surface area contributed by atoms with Crippen LogP contribution in [-0.4, -0.2) is 172 Å². The van der Waals surface area contributed by atoms with Gasteiger partial charge in [0.05, 0.1) is 52.5 Å². The lowest BCUT2D eigenvalue weighted by Gasteiger charge is -2.29. The Kier molecular flexibility index (Phi) is 33.6. The predicted molar refractivity (Wildman–Crippen MR) is 465 cm³/mol. The molecule has 27 nitrogen and oxygen atoms in total. The number of allylic oxidation sites excluding steroid dienone is 17. The molecule has 3 aromatic carbocycles. The largest absolute Gasteiger partial charge is 0.507 e. The van der Waals surface area contributed by atoms with Crippen LogP contribution in [0.2, 0.25) is 5.02 Å². The number of hydrogen-bond donors (Lipinski definition) is 10. The van der Waals surface area contributed by atoms with Crippen molar-refractivity contribution in [2.24, 2.45) is 41.2 Å². The van der Waals surface area contributed by atoms with Gasteiger partial charge in [-0.3, -0.25) is 33.6 Å². The van der Waals surface area contributed by atoms with Gasteiger partial charge in [-0.15, -0.1) is 0 Å². The first-order chi connectivity index (χ1) is 59.2. The number of nitrogens with two attached hydrogens (primary N) is 1. The van der Waals surface area contributed by atoms with E-state index in [2.05, 4.69) is 16.0 Å². The number of ketones is 5. The Labute approximate surface area is 726 Å². The van der Waals surface area contributed by atoms with E-state index in [1.54, 1.807) is 86.8 Å². The fraction of sp³-hybridized carbons (Fsp3) is 0.417. The molecule has 3 aromatic rings. The van der Waals surface area contributed by atoms with Crippen molar-refractivity contribution in [1.29, 1.82) is 0 Å². The summed E-state index contributed by atoms with van der Waals surface area (Å²) in [7, 11) is 2.92. The molecule has 2 saturated carbocycles. The molecule has 0 unspecified atom stereocenters. The number of cyclic esters (lactones) is 2. The molecule has 1 saturated heterocycles. The summed E-state index contributed by atoms with van der Waals surface area (Å²) < 4.78 is 39.7. The Hall–Kier alpha value is -11.8. The Balaban J connectivity index is 0.000000268. The number of primary amides is 1. The number of esters is 2. The predicted octanol–water partition coefficient (Wildman–Crippen LogP) is 13.3. The molecule has 2 bridgehead atoms. The third-order valence-corrected chi connectivity index (χ3v) is 23.1. The highest BCUT2D eigenvalue weighted by Gasteiger charge is 2.41. The van der Waals surface area contributed by atoms with Crippen LogP contribution in [0.15, 0.2) is 174 Å². The van der Waals surface area contributed by atoms with Gasteiger partial charge < -0.3 is 85.5 Å². The van der Waals surface area contributed by atoms with Crippen molar-refractivity contribution < 1.29 is 112 Å². The average molecular weight is 1720 g/mol. The number of phenolic OH excluding ortho intramolecular Hbond substituents is 5. The first-order valence-electron chi connectivity index (χ1n) is 41.8. The number of nitrogens with one attached hydrogen (secondary N) is 3. The van der Waals surface area contributed by atoms with Gasteiger partial charge in [-0.05, 0) is 163 Å². The summed E-state index contributed by atoms with van der Waals surface area (Å²) in [6, 6.07) is 3.06. The van der Waals surface area contributed by atoms with Crippen LogP contribution < -0.4 is 26.4 Å². The Morgan fingerprint density at radius 2 is 1.17 bits per heavy atom. The number of amides is 3. The van der Waals surface area contributed by atoms with E-state index >= 15 is 0 Å². The number of carbonyl (C=O) groups is 10. The number of methoxy groups -OCH3 is 2. The molecule has 28 heteroatoms. The second-order valence-electron chi connectivity index (χ2n) is 32.8. The van der Waals surface area contributed by atoms with Crippen molar-refractivity contribution in [3.63, 3.8) is 0 Å². The zero-order valence-corrected chi connectivity index (χ0v) is 71.8. The molecule has 8 aliphatic rings. The minimum Gasteiger partial charge on any atom is -0.507 e. The Morgan fingerprint density at radius 1 is 0.613 bits per heavy atom. The van der Waals surface area contributed by atoms with Crippen molar-refractivity contribution in [3.8, 4) is 34.5 Å². The van der Waals surface area contributed by atoms with Crippen molar-refractivity contribution >= 4 is 82.5 Å². The molecular formula is C96H111ClN4O23. The smallest absolute Gasteiger partial charge is 0.404 e. The number of epoxide rings is 1. The number of rotatable bonds is 15. The van der Waals surface area contributed by atoms with Crippen LogP contribution in [0.1, 0.15) is 178 Å². The monoisotopic (exact) mass is 1720 g/mol. The number of unbranched alkanes of at least 4 members (excludes halogenated alkanes) is 1. The molecular weight excluding hydrogens is 1610 g/mol. The van der Waals surface area contributed by atoms with E-state index in [4.69, 9.17) is 50.5 Å². The Morgan fingerprint density at radius 3 is 1.73 bits per heavy atom. The van der Waals surface area contributed by atoms with Gasteiger partial charge in [-0.1, -0.05) is 146 Å². The van der Waals surface area contributed by atoms with Gasteiger partial charge in [-0.25, -0.2) is 14.4 Å². The van der Waals surface area contributed by atoms with Gasteiger partial charge in [-0.2, -0.15) is 0 Å². The molecule has 0 radical (unpaired) electrons. The lowest BCUT2D eigenvalue weighted by Crippen LogP contribution is -2.37. The van der Waals surface area contributed by atoms with Crippen molar-refractivity contribution in [1.82, 2.24) is 16.0 Å². The number of halogens is 1. The molecule has 5 aliphatic heterocycles. The summed E-state index contributed by atoms with van der Waals surface area (Å²) in [5.41, 5.74) is 6.73. The van der Waals surface area contributed by atoms with Crippen molar-refractivity contribution in [2.75, 3.05) is 27.4 Å². The summed E-state index contributed by atoms with van der Waals surface area (Å²) in [6.45, 7) is 12.7. The molecule has 660 valence electrons. The minimum atomic E-state index is -0.996. The van der Waals surface area contributed by atoms with Crippen LogP contribution in [0, 0.1) is 35.5 Å². The highest BCUT2D eigenvalue weighted by Crippen LogP contribution is 2.46.